The number of carbonyl (C=O) groups excluding carboxylic acids is 2. The number of Topliss-reactive ketones (excluding diaryl/α,β-unsaturated/α-hetero) is 1. The molecule has 1 heterocycles. The molecule has 0 aromatic rings. The topological polar surface area (TPSA) is 58.6 Å². The van der Waals surface area contributed by atoms with Crippen LogP contribution in [0, 0.1) is 0 Å². The molecule has 1 saturated heterocycles. The Morgan fingerprint density at radius 1 is 1.64 bits per heavy atom. The molecule has 1 amide bonds. The van der Waals surface area contributed by atoms with Crippen LogP contribution in [0.25, 0.3) is 0 Å². The quantitative estimate of drug-likeness (QED) is 0.518. The summed E-state index contributed by atoms with van der Waals surface area (Å²) in [4.78, 5) is 21.9. The number of ether oxygens (including phenoxy) is 1. The average Bonchev–Trinajstić information content (AvgIpc) is 2.30. The minimum absolute atomic E-state index is 0.463. The maximum absolute atomic E-state index is 10.9. The maximum Gasteiger partial charge on any atom is 0.308 e. The Bertz CT molecular complexity index is 172. The third kappa shape index (κ3) is 1.24. The highest BCUT2D eigenvalue weighted by Gasteiger charge is 2.37. The molecule has 0 radical (unpaired) electrons. The van der Waals surface area contributed by atoms with Gasteiger partial charge in [-0.25, -0.2) is 0 Å². The fourth-order valence-electron chi connectivity index (χ4n) is 0.899. The third-order valence-corrected chi connectivity index (χ3v) is 1.52. The van der Waals surface area contributed by atoms with Gasteiger partial charge >= 0.3 is 5.91 Å². The molecule has 0 aromatic carbocycles. The molecule has 0 spiro atoms. The highest BCUT2D eigenvalue weighted by molar-refractivity contribution is 6.39. The van der Waals surface area contributed by atoms with Crippen molar-refractivity contribution in [2.75, 3.05) is 13.7 Å². The molecule has 5 heteroatoms. The summed E-state index contributed by atoms with van der Waals surface area (Å²) in [6, 6.07) is 0. The lowest BCUT2D eigenvalue weighted by atomic mass is 10.4. The van der Waals surface area contributed by atoms with E-state index in [9.17, 15) is 9.59 Å². The second kappa shape index (κ2) is 2.98. The van der Waals surface area contributed by atoms with Crippen molar-refractivity contribution in [1.82, 2.24) is 10.4 Å². The fourth-order valence-corrected chi connectivity index (χ4v) is 0.899. The van der Waals surface area contributed by atoms with Crippen molar-refractivity contribution < 1.29 is 14.3 Å². The van der Waals surface area contributed by atoms with E-state index >= 15 is 0 Å². The predicted molar refractivity (Wildman–Crippen MR) is 36.3 cm³/mol. The molecule has 1 aliphatic heterocycles. The van der Waals surface area contributed by atoms with Gasteiger partial charge < -0.3 is 4.74 Å². The van der Waals surface area contributed by atoms with Crippen LogP contribution in [0.3, 0.4) is 0 Å². The van der Waals surface area contributed by atoms with E-state index in [1.165, 1.54) is 12.1 Å². The van der Waals surface area contributed by atoms with Gasteiger partial charge in [0.2, 0.25) is 0 Å². The van der Waals surface area contributed by atoms with Gasteiger partial charge in [-0.2, -0.15) is 5.43 Å². The van der Waals surface area contributed by atoms with Crippen LogP contribution in [0.15, 0.2) is 0 Å². The third-order valence-electron chi connectivity index (χ3n) is 1.52. The lowest BCUT2D eigenvalue weighted by molar-refractivity contribution is -0.142. The molecule has 62 valence electrons. The van der Waals surface area contributed by atoms with Crippen LogP contribution in [0.4, 0.5) is 0 Å². The first-order valence-corrected chi connectivity index (χ1v) is 3.35. The molecule has 5 nitrogen and oxygen atoms in total. The second-order valence-electron chi connectivity index (χ2n) is 2.16. The lowest BCUT2D eigenvalue weighted by Crippen LogP contribution is -2.37. The Kier molecular flexibility index (Phi) is 2.21. The van der Waals surface area contributed by atoms with E-state index in [1.807, 2.05) is 0 Å². The molecule has 1 atom stereocenters. The van der Waals surface area contributed by atoms with Crippen molar-refractivity contribution in [3.05, 3.63) is 0 Å². The summed E-state index contributed by atoms with van der Waals surface area (Å²) in [5.74, 6) is -1.06. The monoisotopic (exact) mass is 158 g/mol. The van der Waals surface area contributed by atoms with Crippen LogP contribution in [0.2, 0.25) is 0 Å². The van der Waals surface area contributed by atoms with E-state index in [0.29, 0.717) is 6.54 Å². The van der Waals surface area contributed by atoms with Crippen molar-refractivity contribution in [2.24, 2.45) is 0 Å². The van der Waals surface area contributed by atoms with Gasteiger partial charge in [0.1, 0.15) is 0 Å². The van der Waals surface area contributed by atoms with Crippen molar-refractivity contribution in [3.63, 3.8) is 0 Å². The molecule has 0 bridgehead atoms. The number of carbonyl (C=O) groups is 2. The largest absolute Gasteiger partial charge is 0.357 e. The smallest absolute Gasteiger partial charge is 0.308 e. The molecular formula is C6H10N2O3. The molecule has 1 unspecified atom stereocenters. The van der Waals surface area contributed by atoms with E-state index in [4.69, 9.17) is 4.74 Å². The highest BCUT2D eigenvalue weighted by atomic mass is 16.5. The molecule has 1 aliphatic rings. The van der Waals surface area contributed by atoms with E-state index in [-0.39, 0.29) is 0 Å². The molecule has 0 saturated carbocycles. The van der Waals surface area contributed by atoms with Gasteiger partial charge in [0.15, 0.2) is 6.23 Å². The van der Waals surface area contributed by atoms with Crippen molar-refractivity contribution >= 4 is 11.7 Å². The number of rotatable bonds is 2. The highest BCUT2D eigenvalue weighted by Crippen LogP contribution is 2.02. The summed E-state index contributed by atoms with van der Waals surface area (Å²) in [6.45, 7) is 2.24. The maximum atomic E-state index is 10.9. The van der Waals surface area contributed by atoms with Gasteiger partial charge in [0.25, 0.3) is 5.78 Å². The number of hydrazine groups is 1. The summed E-state index contributed by atoms with van der Waals surface area (Å²) in [6.07, 6.45) is -0.789. The Hall–Kier alpha value is -0.940. The Labute approximate surface area is 64.3 Å². The minimum atomic E-state index is -0.789. The summed E-state index contributed by atoms with van der Waals surface area (Å²) in [5, 5.41) is 1.23. The summed E-state index contributed by atoms with van der Waals surface area (Å²) < 4.78 is 4.70. The number of ketones is 1. The van der Waals surface area contributed by atoms with Gasteiger partial charge in [-0.05, 0) is 6.92 Å². The lowest BCUT2D eigenvalue weighted by Gasteiger charge is -2.12. The molecule has 11 heavy (non-hydrogen) atoms. The first kappa shape index (κ1) is 8.16. The number of likely N-dealkylation sites (N-methyl/N-ethyl adjacent to an activating group) is 1. The average molecular weight is 158 g/mol. The number of nitrogens with zero attached hydrogens (tertiary/aromatic N) is 1. The molecule has 0 aromatic heterocycles. The van der Waals surface area contributed by atoms with Gasteiger partial charge in [-0.3, -0.25) is 14.6 Å². The number of hydrogen-bond donors (Lipinski definition) is 1. The van der Waals surface area contributed by atoms with E-state index in [1.54, 1.807) is 6.92 Å². The molecular weight excluding hydrogens is 148 g/mol. The number of methoxy groups -OCH3 is 1. The summed E-state index contributed by atoms with van der Waals surface area (Å²) >= 11 is 0. The van der Waals surface area contributed by atoms with E-state index < -0.39 is 17.9 Å². The fraction of sp³-hybridized carbons (Fsp3) is 0.667. The van der Waals surface area contributed by atoms with Gasteiger partial charge in [0.05, 0.1) is 0 Å². The number of amides is 1. The summed E-state index contributed by atoms with van der Waals surface area (Å²) in [5.41, 5.74) is 2.60. The Morgan fingerprint density at radius 2 is 2.27 bits per heavy atom. The molecule has 1 fully saturated rings. The summed E-state index contributed by atoms with van der Waals surface area (Å²) in [7, 11) is 1.38. The van der Waals surface area contributed by atoms with Gasteiger partial charge in [-0.1, -0.05) is 0 Å². The zero-order chi connectivity index (χ0) is 8.43. The van der Waals surface area contributed by atoms with Crippen LogP contribution in [0.1, 0.15) is 6.92 Å². The zero-order valence-electron chi connectivity index (χ0n) is 6.46. The first-order chi connectivity index (χ1) is 5.20. The number of nitrogens with one attached hydrogen (secondary N) is 1. The van der Waals surface area contributed by atoms with Crippen LogP contribution >= 0.6 is 0 Å². The first-order valence-electron chi connectivity index (χ1n) is 3.35. The van der Waals surface area contributed by atoms with E-state index in [0.717, 1.165) is 0 Å². The Balaban J connectivity index is 2.68. The van der Waals surface area contributed by atoms with Gasteiger partial charge in [-0.15, -0.1) is 0 Å². The number of hydrogen-bond acceptors (Lipinski definition) is 4. The SMILES string of the molecule is CCN1NC(OC)C(=O)C1=O. The Morgan fingerprint density at radius 3 is 2.55 bits per heavy atom. The van der Waals surface area contributed by atoms with Crippen molar-refractivity contribution in [1.29, 1.82) is 0 Å². The predicted octanol–water partition coefficient (Wildman–Crippen LogP) is -1.11. The second-order valence-corrected chi connectivity index (χ2v) is 2.16. The standard InChI is InChI=1S/C6H10N2O3/c1-3-8-6(10)4(9)5(7-8)11-2/h5,7H,3H2,1-2H3. The van der Waals surface area contributed by atoms with Crippen LogP contribution in [-0.2, 0) is 14.3 Å². The van der Waals surface area contributed by atoms with Crippen LogP contribution < -0.4 is 5.43 Å². The molecule has 1 N–H and O–H groups in total. The van der Waals surface area contributed by atoms with Crippen LogP contribution in [-0.4, -0.2) is 36.6 Å². The normalized spacial score (nSPS) is 24.9. The minimum Gasteiger partial charge on any atom is -0.357 e. The van der Waals surface area contributed by atoms with Crippen molar-refractivity contribution in [3.8, 4) is 0 Å². The van der Waals surface area contributed by atoms with Crippen molar-refractivity contribution in [2.45, 2.75) is 13.2 Å². The van der Waals surface area contributed by atoms with E-state index in [2.05, 4.69) is 5.43 Å². The molecule has 1 rings (SSSR count). The molecule has 0 aliphatic carbocycles. The van der Waals surface area contributed by atoms with Gasteiger partial charge in [0, 0.05) is 13.7 Å². The zero-order valence-corrected chi connectivity index (χ0v) is 6.46. The van der Waals surface area contributed by atoms with Crippen LogP contribution in [0.5, 0.6) is 0 Å².